The molecule has 68 valence electrons. The van der Waals surface area contributed by atoms with Gasteiger partial charge in [0.25, 0.3) is 0 Å². The summed E-state index contributed by atoms with van der Waals surface area (Å²) in [6, 6.07) is 0.346. The van der Waals surface area contributed by atoms with Crippen molar-refractivity contribution in [3.63, 3.8) is 0 Å². The molecule has 0 spiro atoms. The molecule has 0 aliphatic heterocycles. The average Bonchev–Trinajstić information content (AvgIpc) is 1.96. The minimum atomic E-state index is 0.346. The van der Waals surface area contributed by atoms with Gasteiger partial charge in [-0.3, -0.25) is 4.99 Å². The van der Waals surface area contributed by atoms with Crippen LogP contribution in [0.2, 0.25) is 0 Å². The minimum Gasteiger partial charge on any atom is -0.282 e. The maximum Gasteiger partial charge on any atom is 0.0597 e. The summed E-state index contributed by atoms with van der Waals surface area (Å²) < 4.78 is 0. The van der Waals surface area contributed by atoms with Gasteiger partial charge in [-0.05, 0) is 38.8 Å². The van der Waals surface area contributed by atoms with Crippen LogP contribution in [0.25, 0.3) is 0 Å². The molecule has 0 atom stereocenters. The van der Waals surface area contributed by atoms with Crippen LogP contribution in [0, 0.1) is 0 Å². The van der Waals surface area contributed by atoms with Crippen LogP contribution in [0.1, 0.15) is 34.1 Å². The summed E-state index contributed by atoms with van der Waals surface area (Å²) in [6.07, 6.45) is 5.20. The number of rotatable bonds is 4. The Balaban J connectivity index is 4.44. The molecule has 0 saturated heterocycles. The van der Waals surface area contributed by atoms with E-state index in [4.69, 9.17) is 0 Å². The van der Waals surface area contributed by atoms with Crippen LogP contribution in [-0.2, 0) is 0 Å². The Hall–Kier alpha value is -0.850. The van der Waals surface area contributed by atoms with Gasteiger partial charge in [0.15, 0.2) is 0 Å². The molecule has 12 heavy (non-hydrogen) atoms. The Kier molecular flexibility index (Phi) is 5.35. The highest BCUT2D eigenvalue weighted by Crippen LogP contribution is 2.00. The van der Waals surface area contributed by atoms with Crippen LogP contribution in [0.3, 0.4) is 0 Å². The van der Waals surface area contributed by atoms with Gasteiger partial charge in [-0.2, -0.15) is 0 Å². The van der Waals surface area contributed by atoms with Crippen molar-refractivity contribution in [1.82, 2.24) is 0 Å². The summed E-state index contributed by atoms with van der Waals surface area (Å²) in [7, 11) is 0. The first-order valence-corrected chi connectivity index (χ1v) is 4.48. The van der Waals surface area contributed by atoms with E-state index in [9.17, 15) is 0 Å². The molecule has 1 nitrogen and oxygen atoms in total. The lowest BCUT2D eigenvalue weighted by atomic mass is 10.2. The van der Waals surface area contributed by atoms with E-state index in [1.54, 1.807) is 0 Å². The zero-order valence-corrected chi connectivity index (χ0v) is 8.59. The lowest BCUT2D eigenvalue weighted by Crippen LogP contribution is -2.00. The molecule has 0 fully saturated rings. The lowest BCUT2D eigenvalue weighted by molar-refractivity contribution is 0.837. The van der Waals surface area contributed by atoms with Crippen molar-refractivity contribution in [2.75, 3.05) is 0 Å². The number of nitrogens with zero attached hydrogens (tertiary/aromatic N) is 1. The average molecular weight is 165 g/mol. The molecule has 0 radical (unpaired) electrons. The molecule has 0 rings (SSSR count). The van der Waals surface area contributed by atoms with Crippen molar-refractivity contribution >= 4 is 5.71 Å². The smallest absolute Gasteiger partial charge is 0.0597 e. The molecule has 0 aliphatic rings. The topological polar surface area (TPSA) is 12.4 Å². The van der Waals surface area contributed by atoms with Gasteiger partial charge in [0.1, 0.15) is 0 Å². The van der Waals surface area contributed by atoms with Crippen molar-refractivity contribution in [3.05, 3.63) is 24.3 Å². The molecule has 0 aliphatic carbocycles. The first-order chi connectivity index (χ1) is 5.57. The van der Waals surface area contributed by atoms with Crippen molar-refractivity contribution in [2.24, 2.45) is 4.99 Å². The van der Waals surface area contributed by atoms with Crippen LogP contribution in [0.5, 0.6) is 0 Å². The van der Waals surface area contributed by atoms with Crippen molar-refractivity contribution < 1.29 is 0 Å². The Morgan fingerprint density at radius 1 is 1.50 bits per heavy atom. The summed E-state index contributed by atoms with van der Waals surface area (Å²) in [5.74, 6) is 0. The summed E-state index contributed by atoms with van der Waals surface area (Å²) in [5.41, 5.74) is 2.06. The molecular weight excluding hydrogens is 146 g/mol. The Bertz CT molecular complexity index is 197. The number of aliphatic imine (C=N–C) groups is 1. The summed E-state index contributed by atoms with van der Waals surface area (Å²) in [6.45, 7) is 12.1. The van der Waals surface area contributed by atoms with E-state index in [1.165, 1.54) is 0 Å². The Labute approximate surface area is 75.9 Å². The van der Waals surface area contributed by atoms with Gasteiger partial charge >= 0.3 is 0 Å². The van der Waals surface area contributed by atoms with Crippen molar-refractivity contribution in [2.45, 2.75) is 40.2 Å². The van der Waals surface area contributed by atoms with Gasteiger partial charge in [0.2, 0.25) is 0 Å². The molecule has 0 aromatic carbocycles. The predicted octanol–water partition coefficient (Wildman–Crippen LogP) is 3.38. The highest BCUT2D eigenvalue weighted by atomic mass is 14.8. The molecule has 0 amide bonds. The summed E-state index contributed by atoms with van der Waals surface area (Å²) >= 11 is 0. The highest BCUT2D eigenvalue weighted by Gasteiger charge is 1.95. The second-order valence-corrected chi connectivity index (χ2v) is 3.20. The fourth-order valence-electron chi connectivity index (χ4n) is 0.803. The fraction of sp³-hybridized carbons (Fsp3) is 0.545. The summed E-state index contributed by atoms with van der Waals surface area (Å²) in [4.78, 5) is 4.44. The molecule has 0 unspecified atom stereocenters. The first kappa shape index (κ1) is 11.2. The standard InChI is InChI=1S/C11H19N/c1-6-7-8-11(9(2)3)12-10(4)5/h7-8,10H,2,6H2,1,3-5H3/b8-7-,12-11?. The van der Waals surface area contributed by atoms with Crippen LogP contribution in [0.4, 0.5) is 0 Å². The third kappa shape index (κ3) is 4.89. The quantitative estimate of drug-likeness (QED) is 0.566. The number of hydrogen-bond acceptors (Lipinski definition) is 1. The van der Waals surface area contributed by atoms with Crippen LogP contribution >= 0.6 is 0 Å². The van der Waals surface area contributed by atoms with Gasteiger partial charge in [-0.1, -0.05) is 19.6 Å². The minimum absolute atomic E-state index is 0.346. The van der Waals surface area contributed by atoms with Gasteiger partial charge < -0.3 is 0 Å². The van der Waals surface area contributed by atoms with Crippen LogP contribution in [-0.4, -0.2) is 11.8 Å². The van der Waals surface area contributed by atoms with Crippen LogP contribution < -0.4 is 0 Å². The Morgan fingerprint density at radius 2 is 2.08 bits per heavy atom. The van der Waals surface area contributed by atoms with E-state index in [0.29, 0.717) is 6.04 Å². The van der Waals surface area contributed by atoms with E-state index in [1.807, 2.05) is 13.0 Å². The molecule has 0 bridgehead atoms. The Morgan fingerprint density at radius 3 is 2.42 bits per heavy atom. The van der Waals surface area contributed by atoms with Gasteiger partial charge in [0, 0.05) is 6.04 Å². The molecule has 0 aromatic heterocycles. The molecular formula is C11H19N. The zero-order valence-electron chi connectivity index (χ0n) is 8.59. The molecule has 1 heteroatoms. The third-order valence-corrected chi connectivity index (χ3v) is 1.35. The van der Waals surface area contributed by atoms with E-state index in [0.717, 1.165) is 17.7 Å². The van der Waals surface area contributed by atoms with Gasteiger partial charge in [-0.15, -0.1) is 0 Å². The van der Waals surface area contributed by atoms with E-state index in [2.05, 4.69) is 38.4 Å². The molecule has 0 N–H and O–H groups in total. The second kappa shape index (κ2) is 5.76. The lowest BCUT2D eigenvalue weighted by Gasteiger charge is -2.02. The maximum absolute atomic E-state index is 4.44. The zero-order chi connectivity index (χ0) is 9.56. The normalized spacial score (nSPS) is 12.9. The molecule has 0 aromatic rings. The molecule has 0 heterocycles. The number of hydrogen-bond donors (Lipinski definition) is 0. The van der Waals surface area contributed by atoms with Crippen LogP contribution in [0.15, 0.2) is 29.3 Å². The molecule has 0 saturated carbocycles. The first-order valence-electron chi connectivity index (χ1n) is 4.48. The van der Waals surface area contributed by atoms with E-state index in [-0.39, 0.29) is 0 Å². The third-order valence-electron chi connectivity index (χ3n) is 1.35. The SMILES string of the molecule is C=C(C)C(/C=C\CC)=NC(C)C. The monoisotopic (exact) mass is 165 g/mol. The maximum atomic E-state index is 4.44. The fourth-order valence-corrected chi connectivity index (χ4v) is 0.803. The largest absolute Gasteiger partial charge is 0.282 e. The van der Waals surface area contributed by atoms with Crippen molar-refractivity contribution in [3.8, 4) is 0 Å². The van der Waals surface area contributed by atoms with E-state index < -0.39 is 0 Å². The number of allylic oxidation sites excluding steroid dienone is 3. The summed E-state index contributed by atoms with van der Waals surface area (Å²) in [5, 5.41) is 0. The predicted molar refractivity (Wildman–Crippen MR) is 56.8 cm³/mol. The second-order valence-electron chi connectivity index (χ2n) is 3.20. The van der Waals surface area contributed by atoms with Crippen molar-refractivity contribution in [1.29, 1.82) is 0 Å². The highest BCUT2D eigenvalue weighted by molar-refractivity contribution is 6.07. The van der Waals surface area contributed by atoms with E-state index >= 15 is 0 Å². The van der Waals surface area contributed by atoms with Gasteiger partial charge in [0.05, 0.1) is 5.71 Å². The van der Waals surface area contributed by atoms with Gasteiger partial charge in [-0.25, -0.2) is 0 Å².